The number of ether oxygens (including phenoxy) is 1. The predicted molar refractivity (Wildman–Crippen MR) is 136 cm³/mol. The van der Waals surface area contributed by atoms with E-state index in [9.17, 15) is 19.2 Å². The highest BCUT2D eigenvalue weighted by molar-refractivity contribution is 5.94. The van der Waals surface area contributed by atoms with Crippen LogP contribution in [0.15, 0.2) is 18.2 Å². The van der Waals surface area contributed by atoms with Crippen molar-refractivity contribution in [3.05, 3.63) is 34.9 Å². The van der Waals surface area contributed by atoms with Gasteiger partial charge in [0.2, 0.25) is 17.7 Å². The summed E-state index contributed by atoms with van der Waals surface area (Å²) in [6, 6.07) is 3.03. The summed E-state index contributed by atoms with van der Waals surface area (Å²) in [6.07, 6.45) is 0.419. The highest BCUT2D eigenvalue weighted by atomic mass is 16.6. The molecular weight excluding hydrogens is 448 g/mol. The van der Waals surface area contributed by atoms with Crippen molar-refractivity contribution >= 4 is 23.8 Å². The topological polar surface area (TPSA) is 131 Å². The van der Waals surface area contributed by atoms with Crippen LogP contribution in [0.2, 0.25) is 0 Å². The summed E-state index contributed by atoms with van der Waals surface area (Å²) < 4.78 is 5.28. The minimum Gasteiger partial charge on any atom is -0.444 e. The lowest BCUT2D eigenvalue weighted by Gasteiger charge is -2.37. The number of aryl methyl sites for hydroxylation is 2. The Balaban J connectivity index is 3.48. The van der Waals surface area contributed by atoms with Crippen LogP contribution in [0.1, 0.15) is 83.5 Å². The molecule has 0 saturated heterocycles. The van der Waals surface area contributed by atoms with Gasteiger partial charge in [0.15, 0.2) is 0 Å². The Hall–Kier alpha value is -3.10. The maximum Gasteiger partial charge on any atom is 0.408 e. The van der Waals surface area contributed by atoms with E-state index in [-0.39, 0.29) is 5.91 Å². The monoisotopic (exact) mass is 490 g/mol. The number of hydrogen-bond donors (Lipinski definition) is 3. The van der Waals surface area contributed by atoms with Crippen molar-refractivity contribution in [2.75, 3.05) is 6.54 Å². The van der Waals surface area contributed by atoms with Crippen molar-refractivity contribution < 1.29 is 23.9 Å². The van der Waals surface area contributed by atoms with E-state index in [0.717, 1.165) is 24.0 Å². The molecule has 9 heteroatoms. The van der Waals surface area contributed by atoms with Gasteiger partial charge in [0.1, 0.15) is 17.7 Å². The molecule has 0 bridgehead atoms. The van der Waals surface area contributed by atoms with Crippen LogP contribution >= 0.6 is 0 Å². The van der Waals surface area contributed by atoms with Crippen LogP contribution in [0.25, 0.3) is 0 Å². The van der Waals surface area contributed by atoms with E-state index >= 15 is 0 Å². The van der Waals surface area contributed by atoms with E-state index in [1.54, 1.807) is 34.6 Å². The van der Waals surface area contributed by atoms with E-state index in [2.05, 4.69) is 10.6 Å². The van der Waals surface area contributed by atoms with Gasteiger partial charge in [-0.25, -0.2) is 4.79 Å². The third-order valence-electron chi connectivity index (χ3n) is 5.12. The van der Waals surface area contributed by atoms with Gasteiger partial charge in [-0.3, -0.25) is 14.4 Å². The third kappa shape index (κ3) is 9.96. The number of hydrogen-bond acceptors (Lipinski definition) is 5. The van der Waals surface area contributed by atoms with E-state index in [1.165, 1.54) is 4.90 Å². The highest BCUT2D eigenvalue weighted by Gasteiger charge is 2.38. The van der Waals surface area contributed by atoms with Crippen LogP contribution in [0.3, 0.4) is 0 Å². The van der Waals surface area contributed by atoms with E-state index < -0.39 is 48.1 Å². The molecule has 0 aliphatic heterocycles. The number of benzene rings is 1. The van der Waals surface area contributed by atoms with Crippen molar-refractivity contribution in [2.45, 2.75) is 98.4 Å². The molecule has 9 nitrogen and oxygen atoms in total. The summed E-state index contributed by atoms with van der Waals surface area (Å²) in [5, 5.41) is 5.40. The summed E-state index contributed by atoms with van der Waals surface area (Å²) >= 11 is 0. The van der Waals surface area contributed by atoms with Crippen molar-refractivity contribution in [2.24, 2.45) is 5.73 Å². The number of primary amides is 1. The summed E-state index contributed by atoms with van der Waals surface area (Å²) in [7, 11) is 0. The molecule has 35 heavy (non-hydrogen) atoms. The Bertz CT molecular complexity index is 887. The first kappa shape index (κ1) is 29.9. The molecule has 0 aliphatic rings. The smallest absolute Gasteiger partial charge is 0.408 e. The van der Waals surface area contributed by atoms with Crippen molar-refractivity contribution in [1.82, 2.24) is 15.5 Å². The number of alkyl carbamates (subject to hydrolysis) is 1. The Labute approximate surface area is 209 Å². The number of nitrogens with one attached hydrogen (secondary N) is 2. The normalized spacial score (nSPS) is 13.1. The Morgan fingerprint density at radius 2 is 1.63 bits per heavy atom. The molecule has 0 heterocycles. The standard InChI is InChI=1S/C26H42N4O5/c1-9-10-11-28-23(32)22(19-13-17(4)12-18(5)14-19)30(16(2)3)24(33)20(15-21(27)31)29-25(34)35-26(6,7)8/h12-14,16,20,22H,9-11,15H2,1-8H3,(H2,27,31)(H,28,32)(H,29,34). The molecule has 1 rings (SSSR count). The first-order chi connectivity index (χ1) is 16.2. The fourth-order valence-electron chi connectivity index (χ4n) is 3.80. The zero-order valence-corrected chi connectivity index (χ0v) is 22.4. The summed E-state index contributed by atoms with van der Waals surface area (Å²) in [5.41, 5.74) is 7.14. The Kier molecular flexibility index (Phi) is 11.2. The minimum absolute atomic E-state index is 0.333. The lowest BCUT2D eigenvalue weighted by molar-refractivity contribution is -0.145. The number of amides is 4. The predicted octanol–water partition coefficient (Wildman–Crippen LogP) is 3.27. The van der Waals surface area contributed by atoms with Crippen LogP contribution in [0, 0.1) is 13.8 Å². The van der Waals surface area contributed by atoms with Crippen molar-refractivity contribution in [3.63, 3.8) is 0 Å². The number of carbonyl (C=O) groups is 4. The minimum atomic E-state index is -1.29. The molecular formula is C26H42N4O5. The molecule has 196 valence electrons. The zero-order chi connectivity index (χ0) is 26.9. The van der Waals surface area contributed by atoms with Crippen LogP contribution < -0.4 is 16.4 Å². The molecule has 2 unspecified atom stereocenters. The molecule has 0 spiro atoms. The molecule has 0 aromatic heterocycles. The number of unbranched alkanes of at least 4 members (excludes halogenated alkanes) is 1. The molecule has 1 aromatic rings. The van der Waals surface area contributed by atoms with Gasteiger partial charge in [-0.2, -0.15) is 0 Å². The Morgan fingerprint density at radius 1 is 1.06 bits per heavy atom. The van der Waals surface area contributed by atoms with E-state index in [4.69, 9.17) is 10.5 Å². The maximum atomic E-state index is 13.8. The van der Waals surface area contributed by atoms with Gasteiger partial charge in [-0.15, -0.1) is 0 Å². The molecule has 4 amide bonds. The first-order valence-corrected chi connectivity index (χ1v) is 12.1. The van der Waals surface area contributed by atoms with Gasteiger partial charge >= 0.3 is 6.09 Å². The second-order valence-electron chi connectivity index (χ2n) is 10.2. The van der Waals surface area contributed by atoms with Gasteiger partial charge in [-0.05, 0) is 60.5 Å². The van der Waals surface area contributed by atoms with Gasteiger partial charge in [0.25, 0.3) is 0 Å². The highest BCUT2D eigenvalue weighted by Crippen LogP contribution is 2.27. The molecule has 0 radical (unpaired) electrons. The molecule has 1 aromatic carbocycles. The van der Waals surface area contributed by atoms with Gasteiger partial charge in [-0.1, -0.05) is 42.7 Å². The molecule has 4 N–H and O–H groups in total. The lowest BCUT2D eigenvalue weighted by atomic mass is 9.97. The number of carbonyl (C=O) groups excluding carboxylic acids is 4. The van der Waals surface area contributed by atoms with E-state index in [1.807, 2.05) is 39.0 Å². The average Bonchev–Trinajstić information content (AvgIpc) is 2.68. The molecule has 0 saturated carbocycles. The largest absolute Gasteiger partial charge is 0.444 e. The quantitative estimate of drug-likeness (QED) is 0.410. The Morgan fingerprint density at radius 3 is 2.09 bits per heavy atom. The average molecular weight is 491 g/mol. The number of rotatable bonds is 11. The fraction of sp³-hybridized carbons (Fsp3) is 0.615. The maximum absolute atomic E-state index is 13.8. The second kappa shape index (κ2) is 13.1. The van der Waals surface area contributed by atoms with Gasteiger partial charge < -0.3 is 26.0 Å². The zero-order valence-electron chi connectivity index (χ0n) is 22.4. The first-order valence-electron chi connectivity index (χ1n) is 12.1. The van der Waals surface area contributed by atoms with Crippen LogP contribution in [0.5, 0.6) is 0 Å². The summed E-state index contributed by atoms with van der Waals surface area (Å²) in [6.45, 7) is 15.0. The lowest BCUT2D eigenvalue weighted by Crippen LogP contribution is -2.56. The van der Waals surface area contributed by atoms with Crippen molar-refractivity contribution in [1.29, 1.82) is 0 Å². The molecule has 2 atom stereocenters. The van der Waals surface area contributed by atoms with Gasteiger partial charge in [0, 0.05) is 12.6 Å². The molecule has 0 aliphatic carbocycles. The third-order valence-corrected chi connectivity index (χ3v) is 5.12. The van der Waals surface area contributed by atoms with Crippen LogP contribution in [0.4, 0.5) is 4.79 Å². The molecule has 0 fully saturated rings. The summed E-state index contributed by atoms with van der Waals surface area (Å²) in [4.78, 5) is 52.9. The van der Waals surface area contributed by atoms with Gasteiger partial charge in [0.05, 0.1) is 6.42 Å². The fourth-order valence-corrected chi connectivity index (χ4v) is 3.80. The van der Waals surface area contributed by atoms with Crippen LogP contribution in [-0.4, -0.2) is 52.9 Å². The number of nitrogens with two attached hydrogens (primary N) is 1. The number of nitrogens with zero attached hydrogens (tertiary/aromatic N) is 1. The van der Waals surface area contributed by atoms with E-state index in [0.29, 0.717) is 12.1 Å². The summed E-state index contributed by atoms with van der Waals surface area (Å²) in [5.74, 6) is -1.70. The SMILES string of the molecule is CCCCNC(=O)C(c1cc(C)cc(C)c1)N(C(=O)C(CC(N)=O)NC(=O)OC(C)(C)C)C(C)C. The second-order valence-corrected chi connectivity index (χ2v) is 10.2. The van der Waals surface area contributed by atoms with Crippen molar-refractivity contribution in [3.8, 4) is 0 Å². The van der Waals surface area contributed by atoms with Crippen LogP contribution in [-0.2, 0) is 19.1 Å².